The van der Waals surface area contributed by atoms with Gasteiger partial charge in [0.25, 0.3) is 5.69 Å². The summed E-state index contributed by atoms with van der Waals surface area (Å²) < 4.78 is 26.1. The number of nitro benzene ring substituents is 1. The first-order valence-electron chi connectivity index (χ1n) is 11.8. The molecule has 0 saturated carbocycles. The Labute approximate surface area is 217 Å². The first-order valence-corrected chi connectivity index (χ1v) is 13.4. The van der Waals surface area contributed by atoms with Gasteiger partial charge < -0.3 is 4.98 Å². The smallest absolute Gasteiger partial charge is 0.269 e. The molecule has 3 aromatic heterocycles. The van der Waals surface area contributed by atoms with Crippen LogP contribution in [0, 0.1) is 10.1 Å². The number of nitro groups is 1. The lowest BCUT2D eigenvalue weighted by Crippen LogP contribution is -2.04. The Bertz CT molecular complexity index is 1920. The van der Waals surface area contributed by atoms with Crippen molar-refractivity contribution in [3.05, 3.63) is 119 Å². The standard InChI is InChI=1S/C29H20N4O4S/c34-33(35)22-9-7-20(8-10-22)25-17-31-29-28(27(25)21-12-14-30-15-13-21)24-16-19(6-11-26(24)32-29)18-38(36,37)23-4-2-1-3-5-23/h1-17H,18H2,(H,31,32). The molecule has 186 valence electrons. The lowest BCUT2D eigenvalue weighted by atomic mass is 9.93. The van der Waals surface area contributed by atoms with Crippen LogP contribution in [-0.4, -0.2) is 28.3 Å². The lowest BCUT2D eigenvalue weighted by Gasteiger charge is -2.12. The third-order valence-electron chi connectivity index (χ3n) is 6.50. The number of aromatic amines is 1. The number of fused-ring (bicyclic) bond motifs is 3. The third kappa shape index (κ3) is 4.18. The zero-order chi connectivity index (χ0) is 26.3. The Morgan fingerprint density at radius 1 is 0.868 bits per heavy atom. The number of aromatic nitrogens is 3. The van der Waals surface area contributed by atoms with Crippen LogP contribution < -0.4 is 0 Å². The molecule has 9 heteroatoms. The van der Waals surface area contributed by atoms with Crippen molar-refractivity contribution in [1.82, 2.24) is 15.0 Å². The van der Waals surface area contributed by atoms with E-state index in [-0.39, 0.29) is 16.3 Å². The number of sulfone groups is 1. The van der Waals surface area contributed by atoms with Gasteiger partial charge in [0.15, 0.2) is 9.84 Å². The molecule has 38 heavy (non-hydrogen) atoms. The molecule has 6 rings (SSSR count). The van der Waals surface area contributed by atoms with Crippen LogP contribution in [0.5, 0.6) is 0 Å². The number of benzene rings is 3. The molecule has 3 heterocycles. The average molecular weight is 521 g/mol. The van der Waals surface area contributed by atoms with E-state index in [2.05, 4.69) is 15.0 Å². The van der Waals surface area contributed by atoms with E-state index < -0.39 is 14.8 Å². The molecule has 0 saturated heterocycles. The largest absolute Gasteiger partial charge is 0.339 e. The van der Waals surface area contributed by atoms with E-state index in [0.29, 0.717) is 11.2 Å². The molecule has 0 radical (unpaired) electrons. The summed E-state index contributed by atoms with van der Waals surface area (Å²) in [7, 11) is -3.53. The van der Waals surface area contributed by atoms with Crippen LogP contribution in [0.15, 0.2) is 108 Å². The maximum Gasteiger partial charge on any atom is 0.269 e. The predicted octanol–water partition coefficient (Wildman–Crippen LogP) is 6.33. The average Bonchev–Trinajstić information content (AvgIpc) is 3.31. The molecule has 0 fully saturated rings. The van der Waals surface area contributed by atoms with E-state index in [1.165, 1.54) is 12.1 Å². The van der Waals surface area contributed by atoms with Gasteiger partial charge in [-0.1, -0.05) is 24.3 Å². The summed E-state index contributed by atoms with van der Waals surface area (Å²) in [6.07, 6.45) is 5.15. The lowest BCUT2D eigenvalue weighted by molar-refractivity contribution is -0.384. The molecule has 0 unspecified atom stereocenters. The third-order valence-corrected chi connectivity index (χ3v) is 8.21. The highest BCUT2D eigenvalue weighted by molar-refractivity contribution is 7.90. The molecule has 0 bridgehead atoms. The van der Waals surface area contributed by atoms with Crippen molar-refractivity contribution in [3.8, 4) is 22.3 Å². The van der Waals surface area contributed by atoms with Crippen LogP contribution in [0.1, 0.15) is 5.56 Å². The minimum Gasteiger partial charge on any atom is -0.339 e. The molecule has 0 amide bonds. The van der Waals surface area contributed by atoms with Crippen LogP contribution in [0.3, 0.4) is 0 Å². The molecule has 3 aromatic carbocycles. The van der Waals surface area contributed by atoms with Gasteiger partial charge in [-0.2, -0.15) is 0 Å². The van der Waals surface area contributed by atoms with E-state index in [1.807, 2.05) is 30.3 Å². The molecule has 0 aliphatic rings. The fraction of sp³-hybridized carbons (Fsp3) is 0.0345. The van der Waals surface area contributed by atoms with E-state index in [9.17, 15) is 18.5 Å². The molecular weight excluding hydrogens is 500 g/mol. The molecule has 1 N–H and O–H groups in total. The maximum atomic E-state index is 13.1. The summed E-state index contributed by atoms with van der Waals surface area (Å²) in [5.41, 5.74) is 5.47. The summed E-state index contributed by atoms with van der Waals surface area (Å²) in [6.45, 7) is 0. The normalized spacial score (nSPS) is 11.7. The summed E-state index contributed by atoms with van der Waals surface area (Å²) in [4.78, 5) is 23.2. The van der Waals surface area contributed by atoms with Gasteiger partial charge in [0.2, 0.25) is 0 Å². The monoisotopic (exact) mass is 520 g/mol. The summed E-state index contributed by atoms with van der Waals surface area (Å²) >= 11 is 0. The fourth-order valence-corrected chi connectivity index (χ4v) is 6.08. The van der Waals surface area contributed by atoms with Gasteiger partial charge in [0.1, 0.15) is 5.65 Å². The minimum atomic E-state index is -3.53. The summed E-state index contributed by atoms with van der Waals surface area (Å²) in [5, 5.41) is 12.9. The van der Waals surface area contributed by atoms with Gasteiger partial charge in [-0.3, -0.25) is 15.1 Å². The van der Waals surface area contributed by atoms with E-state index in [0.717, 1.165) is 38.5 Å². The highest BCUT2D eigenvalue weighted by Crippen LogP contribution is 2.41. The van der Waals surface area contributed by atoms with E-state index in [4.69, 9.17) is 0 Å². The molecular formula is C29H20N4O4S. The predicted molar refractivity (Wildman–Crippen MR) is 146 cm³/mol. The fourth-order valence-electron chi connectivity index (χ4n) is 4.72. The number of hydrogen-bond donors (Lipinski definition) is 1. The van der Waals surface area contributed by atoms with Gasteiger partial charge in [-0.05, 0) is 65.2 Å². The maximum absolute atomic E-state index is 13.1. The van der Waals surface area contributed by atoms with Crippen LogP contribution >= 0.6 is 0 Å². The highest BCUT2D eigenvalue weighted by Gasteiger charge is 2.20. The van der Waals surface area contributed by atoms with Gasteiger partial charge in [-0.25, -0.2) is 13.4 Å². The van der Waals surface area contributed by atoms with Crippen molar-refractivity contribution in [1.29, 1.82) is 0 Å². The van der Waals surface area contributed by atoms with Crippen molar-refractivity contribution in [2.24, 2.45) is 0 Å². The summed E-state index contributed by atoms with van der Waals surface area (Å²) in [5.74, 6) is -0.139. The van der Waals surface area contributed by atoms with Crippen LogP contribution in [0.2, 0.25) is 0 Å². The van der Waals surface area contributed by atoms with Crippen LogP contribution in [0.4, 0.5) is 5.69 Å². The zero-order valence-corrected chi connectivity index (χ0v) is 20.7. The van der Waals surface area contributed by atoms with Crippen molar-refractivity contribution in [3.63, 3.8) is 0 Å². The Morgan fingerprint density at radius 3 is 2.32 bits per heavy atom. The number of pyridine rings is 2. The van der Waals surface area contributed by atoms with E-state index >= 15 is 0 Å². The number of hydrogen-bond acceptors (Lipinski definition) is 6. The van der Waals surface area contributed by atoms with Crippen LogP contribution in [-0.2, 0) is 15.6 Å². The summed E-state index contributed by atoms with van der Waals surface area (Å²) in [6, 6.07) is 24.1. The van der Waals surface area contributed by atoms with Gasteiger partial charge >= 0.3 is 0 Å². The number of H-pyrrole nitrogens is 1. The van der Waals surface area contributed by atoms with Gasteiger partial charge in [0, 0.05) is 58.1 Å². The molecule has 8 nitrogen and oxygen atoms in total. The Hall–Kier alpha value is -4.89. The highest BCUT2D eigenvalue weighted by atomic mass is 32.2. The number of nitrogens with one attached hydrogen (secondary N) is 1. The molecule has 0 atom stereocenters. The molecule has 0 aliphatic heterocycles. The number of nitrogens with zero attached hydrogens (tertiary/aromatic N) is 3. The quantitative estimate of drug-likeness (QED) is 0.203. The first kappa shape index (κ1) is 23.5. The SMILES string of the molecule is O=[N+]([O-])c1ccc(-c2cnc3[nH]c4ccc(CS(=O)(=O)c5ccccc5)cc4c3c2-c2ccncc2)cc1. The molecule has 0 aliphatic carbocycles. The molecule has 6 aromatic rings. The van der Waals surface area contributed by atoms with Crippen molar-refractivity contribution >= 4 is 37.5 Å². The molecule has 0 spiro atoms. The zero-order valence-electron chi connectivity index (χ0n) is 19.9. The second kappa shape index (κ2) is 9.20. The number of non-ortho nitro benzene ring substituents is 1. The Balaban J connectivity index is 1.57. The van der Waals surface area contributed by atoms with Crippen LogP contribution in [0.25, 0.3) is 44.2 Å². The Morgan fingerprint density at radius 2 is 1.61 bits per heavy atom. The Kier molecular flexibility index (Phi) is 5.69. The topological polar surface area (TPSA) is 119 Å². The minimum absolute atomic E-state index is 0.00427. The second-order valence-electron chi connectivity index (χ2n) is 8.89. The second-order valence-corrected chi connectivity index (χ2v) is 10.9. The van der Waals surface area contributed by atoms with Gasteiger partial charge in [0.05, 0.1) is 15.6 Å². The van der Waals surface area contributed by atoms with Crippen molar-refractivity contribution in [2.75, 3.05) is 0 Å². The number of rotatable bonds is 6. The van der Waals surface area contributed by atoms with Crippen molar-refractivity contribution < 1.29 is 13.3 Å². The van der Waals surface area contributed by atoms with Crippen molar-refractivity contribution in [2.45, 2.75) is 10.6 Å². The first-order chi connectivity index (χ1) is 18.4. The van der Waals surface area contributed by atoms with E-state index in [1.54, 1.807) is 61.1 Å². The van der Waals surface area contributed by atoms with Gasteiger partial charge in [-0.15, -0.1) is 0 Å².